The molecular formula is C20H29N3O. The van der Waals surface area contributed by atoms with Gasteiger partial charge in [0.15, 0.2) is 0 Å². The number of nitrogens with zero attached hydrogens (tertiary/aromatic N) is 2. The van der Waals surface area contributed by atoms with Gasteiger partial charge in [0.1, 0.15) is 0 Å². The maximum atomic E-state index is 12.6. The number of hydrogen-bond donors (Lipinski definition) is 1. The summed E-state index contributed by atoms with van der Waals surface area (Å²) in [7, 11) is 0. The topological polar surface area (TPSA) is 37.3 Å². The first-order valence-corrected chi connectivity index (χ1v) is 9.27. The molecule has 0 unspecified atom stereocenters. The monoisotopic (exact) mass is 327 g/mol. The smallest absolute Gasteiger partial charge is 0.253 e. The number of amides is 1. The van der Waals surface area contributed by atoms with Gasteiger partial charge in [-0.05, 0) is 65.2 Å². The summed E-state index contributed by atoms with van der Waals surface area (Å²) < 4.78 is 2.18. The molecule has 1 N–H and O–H groups in total. The largest absolute Gasteiger partial charge is 0.352 e. The molecule has 0 saturated carbocycles. The molecule has 0 radical (unpaired) electrons. The van der Waals surface area contributed by atoms with Crippen molar-refractivity contribution in [2.75, 3.05) is 26.2 Å². The van der Waals surface area contributed by atoms with Crippen LogP contribution in [0.5, 0.6) is 0 Å². The van der Waals surface area contributed by atoms with Gasteiger partial charge in [0.05, 0.1) is 5.56 Å². The highest BCUT2D eigenvalue weighted by Gasteiger charge is 2.16. The molecule has 130 valence electrons. The molecule has 1 fully saturated rings. The number of para-hydroxylation sites is 1. The minimum atomic E-state index is 0.0479. The van der Waals surface area contributed by atoms with E-state index >= 15 is 0 Å². The van der Waals surface area contributed by atoms with E-state index in [0.29, 0.717) is 6.04 Å². The van der Waals surface area contributed by atoms with Crippen LogP contribution in [0, 0.1) is 0 Å². The minimum Gasteiger partial charge on any atom is -0.352 e. The number of fused-ring (bicyclic) bond motifs is 1. The molecule has 1 amide bonds. The average molecular weight is 327 g/mol. The average Bonchev–Trinajstić information content (AvgIpc) is 3.21. The Bertz CT molecular complexity index is 683. The zero-order chi connectivity index (χ0) is 16.9. The zero-order valence-corrected chi connectivity index (χ0v) is 14.9. The predicted molar refractivity (Wildman–Crippen MR) is 99.6 cm³/mol. The van der Waals surface area contributed by atoms with Crippen molar-refractivity contribution in [1.29, 1.82) is 0 Å². The quantitative estimate of drug-likeness (QED) is 0.785. The molecule has 1 aromatic carbocycles. The molecule has 2 aromatic rings. The van der Waals surface area contributed by atoms with Gasteiger partial charge < -0.3 is 14.8 Å². The first-order valence-electron chi connectivity index (χ1n) is 9.27. The number of carbonyl (C=O) groups is 1. The highest BCUT2D eigenvalue weighted by molar-refractivity contribution is 6.07. The van der Waals surface area contributed by atoms with Crippen molar-refractivity contribution in [3.8, 4) is 0 Å². The van der Waals surface area contributed by atoms with Crippen molar-refractivity contribution in [2.45, 2.75) is 45.6 Å². The fourth-order valence-corrected chi connectivity index (χ4v) is 3.58. The highest BCUT2D eigenvalue weighted by atomic mass is 16.1. The number of benzene rings is 1. The Morgan fingerprint density at radius 3 is 2.67 bits per heavy atom. The number of aromatic nitrogens is 1. The molecule has 2 heterocycles. The van der Waals surface area contributed by atoms with E-state index < -0.39 is 0 Å². The SMILES string of the molecule is CC(C)n1cc(C(=O)NCCCCN2CCCC2)c2ccccc21. The summed E-state index contributed by atoms with van der Waals surface area (Å²) in [5.41, 5.74) is 1.92. The first-order chi connectivity index (χ1) is 11.7. The lowest BCUT2D eigenvalue weighted by molar-refractivity contribution is 0.0954. The van der Waals surface area contributed by atoms with Crippen LogP contribution < -0.4 is 5.32 Å². The standard InChI is InChI=1S/C20H29N3O/c1-16(2)23-15-18(17-9-3-4-10-19(17)23)20(24)21-11-5-6-12-22-13-7-8-14-22/h3-4,9-10,15-16H,5-8,11-14H2,1-2H3,(H,21,24). The van der Waals surface area contributed by atoms with Gasteiger partial charge in [-0.1, -0.05) is 18.2 Å². The summed E-state index contributed by atoms with van der Waals surface area (Å²) in [6.45, 7) is 8.72. The van der Waals surface area contributed by atoms with Gasteiger partial charge >= 0.3 is 0 Å². The number of rotatable bonds is 7. The van der Waals surface area contributed by atoms with Crippen LogP contribution in [0.2, 0.25) is 0 Å². The van der Waals surface area contributed by atoms with Crippen molar-refractivity contribution in [2.24, 2.45) is 0 Å². The van der Waals surface area contributed by atoms with Gasteiger partial charge in [-0.3, -0.25) is 4.79 Å². The summed E-state index contributed by atoms with van der Waals surface area (Å²) in [5.74, 6) is 0.0479. The molecule has 1 saturated heterocycles. The van der Waals surface area contributed by atoms with Gasteiger partial charge in [-0.15, -0.1) is 0 Å². The number of unbranched alkanes of at least 4 members (excludes halogenated alkanes) is 1. The van der Waals surface area contributed by atoms with Crippen molar-refractivity contribution in [3.63, 3.8) is 0 Å². The van der Waals surface area contributed by atoms with Crippen molar-refractivity contribution < 1.29 is 4.79 Å². The van der Waals surface area contributed by atoms with Gasteiger partial charge in [-0.2, -0.15) is 0 Å². The Labute approximate surface area is 144 Å². The van der Waals surface area contributed by atoms with E-state index in [9.17, 15) is 4.79 Å². The molecule has 4 heteroatoms. The number of likely N-dealkylation sites (tertiary alicyclic amines) is 1. The third-order valence-electron chi connectivity index (χ3n) is 4.93. The first kappa shape index (κ1) is 17.0. The molecule has 0 aliphatic carbocycles. The zero-order valence-electron chi connectivity index (χ0n) is 14.9. The van der Waals surface area contributed by atoms with E-state index in [1.807, 2.05) is 24.4 Å². The Balaban J connectivity index is 1.56. The van der Waals surface area contributed by atoms with Crippen LogP contribution in [0.3, 0.4) is 0 Å². The summed E-state index contributed by atoms with van der Waals surface area (Å²) in [4.78, 5) is 15.1. The molecule has 4 nitrogen and oxygen atoms in total. The maximum absolute atomic E-state index is 12.6. The second-order valence-electron chi connectivity index (χ2n) is 7.07. The van der Waals surface area contributed by atoms with E-state index in [1.165, 1.54) is 32.5 Å². The lowest BCUT2D eigenvalue weighted by atomic mass is 10.1. The van der Waals surface area contributed by atoms with Crippen molar-refractivity contribution >= 4 is 16.8 Å². The van der Waals surface area contributed by atoms with Crippen LogP contribution in [-0.2, 0) is 0 Å². The second kappa shape index (κ2) is 7.84. The number of nitrogens with one attached hydrogen (secondary N) is 1. The van der Waals surface area contributed by atoms with Crippen LogP contribution >= 0.6 is 0 Å². The summed E-state index contributed by atoms with van der Waals surface area (Å²) in [5, 5.41) is 4.14. The molecule has 24 heavy (non-hydrogen) atoms. The minimum absolute atomic E-state index is 0.0479. The maximum Gasteiger partial charge on any atom is 0.253 e. The van der Waals surface area contributed by atoms with Gasteiger partial charge in [-0.25, -0.2) is 0 Å². The fraction of sp³-hybridized carbons (Fsp3) is 0.550. The molecule has 1 aliphatic heterocycles. The van der Waals surface area contributed by atoms with Crippen LogP contribution in [0.15, 0.2) is 30.5 Å². The van der Waals surface area contributed by atoms with Gasteiger partial charge in [0.2, 0.25) is 0 Å². The van der Waals surface area contributed by atoms with E-state index in [4.69, 9.17) is 0 Å². The van der Waals surface area contributed by atoms with E-state index in [2.05, 4.69) is 34.7 Å². The van der Waals surface area contributed by atoms with Crippen LogP contribution in [0.1, 0.15) is 55.9 Å². The van der Waals surface area contributed by atoms with Gasteiger partial charge in [0, 0.05) is 29.7 Å². The van der Waals surface area contributed by atoms with E-state index in [0.717, 1.165) is 35.9 Å². The lowest BCUT2D eigenvalue weighted by Gasteiger charge is -2.13. The molecular weight excluding hydrogens is 298 g/mol. The van der Waals surface area contributed by atoms with Crippen molar-refractivity contribution in [1.82, 2.24) is 14.8 Å². The summed E-state index contributed by atoms with van der Waals surface area (Å²) in [6.07, 6.45) is 6.89. The Morgan fingerprint density at radius 2 is 1.92 bits per heavy atom. The summed E-state index contributed by atoms with van der Waals surface area (Å²) in [6, 6.07) is 8.50. The second-order valence-corrected chi connectivity index (χ2v) is 7.07. The van der Waals surface area contributed by atoms with E-state index in [-0.39, 0.29) is 5.91 Å². The molecule has 1 aromatic heterocycles. The number of hydrogen-bond acceptors (Lipinski definition) is 2. The number of carbonyl (C=O) groups excluding carboxylic acids is 1. The Hall–Kier alpha value is -1.81. The molecule has 1 aliphatic rings. The molecule has 0 atom stereocenters. The molecule has 3 rings (SSSR count). The third kappa shape index (κ3) is 3.81. The molecule has 0 spiro atoms. The summed E-state index contributed by atoms with van der Waals surface area (Å²) >= 11 is 0. The van der Waals surface area contributed by atoms with Crippen molar-refractivity contribution in [3.05, 3.63) is 36.0 Å². The lowest BCUT2D eigenvalue weighted by Crippen LogP contribution is -2.26. The van der Waals surface area contributed by atoms with Gasteiger partial charge in [0.25, 0.3) is 5.91 Å². The normalized spacial score (nSPS) is 15.5. The van der Waals surface area contributed by atoms with Crippen LogP contribution in [-0.4, -0.2) is 41.6 Å². The fourth-order valence-electron chi connectivity index (χ4n) is 3.58. The molecule has 0 bridgehead atoms. The third-order valence-corrected chi connectivity index (χ3v) is 4.93. The van der Waals surface area contributed by atoms with E-state index in [1.54, 1.807) is 0 Å². The van der Waals surface area contributed by atoms with Crippen LogP contribution in [0.4, 0.5) is 0 Å². The predicted octanol–water partition coefficient (Wildman–Crippen LogP) is 3.83. The Morgan fingerprint density at radius 1 is 1.17 bits per heavy atom. The highest BCUT2D eigenvalue weighted by Crippen LogP contribution is 2.24. The van der Waals surface area contributed by atoms with Crippen LogP contribution in [0.25, 0.3) is 10.9 Å². The Kier molecular flexibility index (Phi) is 5.56.